The van der Waals surface area contributed by atoms with E-state index in [1.54, 1.807) is 31.4 Å². The van der Waals surface area contributed by atoms with Gasteiger partial charge in [0.05, 0.1) is 35.3 Å². The second-order valence-corrected chi connectivity index (χ2v) is 9.44. The van der Waals surface area contributed by atoms with Crippen LogP contribution in [0.4, 0.5) is 30.2 Å². The quantitative estimate of drug-likeness (QED) is 0.472. The predicted octanol–water partition coefficient (Wildman–Crippen LogP) is 5.87. The molecule has 1 fully saturated rings. The number of piperazine rings is 1. The summed E-state index contributed by atoms with van der Waals surface area (Å²) >= 11 is 6.46. The fraction of sp³-hybridized carbons (Fsp3) is 0.296. The van der Waals surface area contributed by atoms with Crippen LogP contribution in [0.3, 0.4) is 0 Å². The molecule has 1 N–H and O–H groups in total. The number of nitrogens with one attached hydrogen (secondary N) is 1. The van der Waals surface area contributed by atoms with Gasteiger partial charge in [-0.05, 0) is 54.4 Å². The molecule has 3 aromatic carbocycles. The summed E-state index contributed by atoms with van der Waals surface area (Å²) in [6.07, 6.45) is -4.25. The molecule has 5 nitrogen and oxygen atoms in total. The Labute approximate surface area is 212 Å². The van der Waals surface area contributed by atoms with Crippen LogP contribution in [0.15, 0.2) is 66.7 Å². The van der Waals surface area contributed by atoms with Crippen LogP contribution in [0.1, 0.15) is 11.1 Å². The van der Waals surface area contributed by atoms with Crippen molar-refractivity contribution in [3.63, 3.8) is 0 Å². The Bertz CT molecular complexity index is 1280. The Morgan fingerprint density at radius 1 is 1.03 bits per heavy atom. The van der Waals surface area contributed by atoms with Gasteiger partial charge in [0.15, 0.2) is 0 Å². The summed E-state index contributed by atoms with van der Waals surface area (Å²) in [5.74, 6) is -0.222. The van der Waals surface area contributed by atoms with Crippen molar-refractivity contribution in [3.8, 4) is 5.75 Å². The van der Waals surface area contributed by atoms with Crippen LogP contribution < -0.4 is 19.9 Å². The molecule has 2 unspecified atom stereocenters. The van der Waals surface area contributed by atoms with Gasteiger partial charge >= 0.3 is 6.18 Å². The van der Waals surface area contributed by atoms with Crippen molar-refractivity contribution in [2.45, 2.75) is 18.6 Å². The third-order valence-electron chi connectivity index (χ3n) is 6.91. The Morgan fingerprint density at radius 3 is 2.58 bits per heavy atom. The van der Waals surface area contributed by atoms with Crippen molar-refractivity contribution in [2.75, 3.05) is 41.9 Å². The maximum absolute atomic E-state index is 13.6. The number of ether oxygens (including phenoxy) is 1. The summed E-state index contributed by atoms with van der Waals surface area (Å²) < 4.78 is 45.6. The zero-order chi connectivity index (χ0) is 25.4. The fourth-order valence-corrected chi connectivity index (χ4v) is 5.42. The number of amides is 1. The molecule has 0 bridgehead atoms. The molecule has 0 spiro atoms. The monoisotopic (exact) mass is 515 g/mol. The van der Waals surface area contributed by atoms with Crippen LogP contribution in [-0.4, -0.2) is 38.7 Å². The van der Waals surface area contributed by atoms with Crippen LogP contribution in [-0.2, 0) is 17.4 Å². The van der Waals surface area contributed by atoms with Gasteiger partial charge in [0.25, 0.3) is 0 Å². The average molecular weight is 516 g/mol. The SMILES string of the molecule is COc1cccc(NC(=O)C2Cc3cc(C(F)(F)F)ccc3N3CCN(c4ccccc4Cl)CC23)c1. The maximum Gasteiger partial charge on any atom is 0.416 e. The molecule has 36 heavy (non-hydrogen) atoms. The van der Waals surface area contributed by atoms with E-state index < -0.39 is 17.7 Å². The van der Waals surface area contributed by atoms with E-state index in [0.717, 1.165) is 17.4 Å². The molecule has 2 aliphatic rings. The summed E-state index contributed by atoms with van der Waals surface area (Å²) in [6, 6.07) is 18.1. The van der Waals surface area contributed by atoms with Crippen molar-refractivity contribution >= 4 is 34.6 Å². The zero-order valence-corrected chi connectivity index (χ0v) is 20.3. The number of hydrogen-bond acceptors (Lipinski definition) is 4. The second kappa shape index (κ2) is 9.58. The summed E-state index contributed by atoms with van der Waals surface area (Å²) in [5, 5.41) is 3.57. The van der Waals surface area contributed by atoms with Crippen molar-refractivity contribution in [3.05, 3.63) is 82.9 Å². The van der Waals surface area contributed by atoms with Crippen LogP contribution in [0, 0.1) is 5.92 Å². The number of carbonyl (C=O) groups is 1. The number of anilines is 3. The topological polar surface area (TPSA) is 44.8 Å². The van der Waals surface area contributed by atoms with Gasteiger partial charge < -0.3 is 19.9 Å². The highest BCUT2D eigenvalue weighted by atomic mass is 35.5. The third kappa shape index (κ3) is 4.69. The molecule has 2 aliphatic heterocycles. The van der Waals surface area contributed by atoms with Gasteiger partial charge in [0.1, 0.15) is 5.75 Å². The Morgan fingerprint density at radius 2 is 1.83 bits per heavy atom. The number of rotatable bonds is 4. The first kappa shape index (κ1) is 24.3. The number of hydrogen-bond donors (Lipinski definition) is 1. The number of para-hydroxylation sites is 1. The highest BCUT2D eigenvalue weighted by molar-refractivity contribution is 6.33. The lowest BCUT2D eigenvalue weighted by molar-refractivity contribution is -0.137. The van der Waals surface area contributed by atoms with E-state index in [0.29, 0.717) is 41.7 Å². The van der Waals surface area contributed by atoms with Gasteiger partial charge in [-0.2, -0.15) is 13.2 Å². The summed E-state index contributed by atoms with van der Waals surface area (Å²) in [5.41, 5.74) is 2.01. The molecule has 0 saturated carbocycles. The Hall–Kier alpha value is -3.39. The van der Waals surface area contributed by atoms with E-state index in [1.165, 1.54) is 12.1 Å². The Kier molecular flexibility index (Phi) is 6.47. The number of methoxy groups -OCH3 is 1. The zero-order valence-electron chi connectivity index (χ0n) is 19.6. The van der Waals surface area contributed by atoms with E-state index >= 15 is 0 Å². The summed E-state index contributed by atoms with van der Waals surface area (Å²) in [4.78, 5) is 17.8. The van der Waals surface area contributed by atoms with Gasteiger partial charge in [-0.3, -0.25) is 4.79 Å². The largest absolute Gasteiger partial charge is 0.497 e. The molecule has 188 valence electrons. The van der Waals surface area contributed by atoms with Gasteiger partial charge in [0.2, 0.25) is 5.91 Å². The van der Waals surface area contributed by atoms with Crippen LogP contribution in [0.25, 0.3) is 0 Å². The molecule has 0 aromatic heterocycles. The van der Waals surface area contributed by atoms with E-state index in [9.17, 15) is 18.0 Å². The predicted molar refractivity (Wildman–Crippen MR) is 135 cm³/mol. The molecule has 5 rings (SSSR count). The minimum atomic E-state index is -4.45. The van der Waals surface area contributed by atoms with Crippen molar-refractivity contribution in [2.24, 2.45) is 5.92 Å². The van der Waals surface area contributed by atoms with Crippen molar-refractivity contribution in [1.82, 2.24) is 0 Å². The maximum atomic E-state index is 13.6. The average Bonchev–Trinajstić information content (AvgIpc) is 2.87. The third-order valence-corrected chi connectivity index (χ3v) is 7.23. The standard InChI is InChI=1S/C27H25ClF3N3O2/c1-36-20-6-4-5-19(15-20)32-26(35)21-14-17-13-18(27(29,30)31)9-10-23(17)34-12-11-33(16-25(21)34)24-8-3-2-7-22(24)28/h2-10,13,15,21,25H,11-12,14,16H2,1H3,(H,32,35). The van der Waals surface area contributed by atoms with Crippen molar-refractivity contribution in [1.29, 1.82) is 0 Å². The van der Waals surface area contributed by atoms with Gasteiger partial charge in [0, 0.05) is 37.1 Å². The van der Waals surface area contributed by atoms with E-state index in [-0.39, 0.29) is 18.4 Å². The fourth-order valence-electron chi connectivity index (χ4n) is 5.16. The van der Waals surface area contributed by atoms with E-state index in [1.807, 2.05) is 24.3 Å². The van der Waals surface area contributed by atoms with Crippen molar-refractivity contribution < 1.29 is 22.7 Å². The first-order chi connectivity index (χ1) is 17.2. The molecular formula is C27H25ClF3N3O2. The number of halogens is 4. The number of nitrogens with zero attached hydrogens (tertiary/aromatic N) is 2. The number of carbonyl (C=O) groups excluding carboxylic acids is 1. The molecule has 0 aliphatic carbocycles. The van der Waals surface area contributed by atoms with Crippen LogP contribution in [0.2, 0.25) is 5.02 Å². The molecule has 1 saturated heterocycles. The van der Waals surface area contributed by atoms with E-state index in [4.69, 9.17) is 16.3 Å². The lowest BCUT2D eigenvalue weighted by Crippen LogP contribution is -2.60. The molecule has 2 heterocycles. The lowest BCUT2D eigenvalue weighted by Gasteiger charge is -2.49. The lowest BCUT2D eigenvalue weighted by atomic mass is 9.82. The molecule has 2 atom stereocenters. The summed E-state index contributed by atoms with van der Waals surface area (Å²) in [6.45, 7) is 1.70. The molecule has 9 heteroatoms. The van der Waals surface area contributed by atoms with Gasteiger partial charge in [-0.15, -0.1) is 0 Å². The molecular weight excluding hydrogens is 491 g/mol. The minimum absolute atomic E-state index is 0.201. The summed E-state index contributed by atoms with van der Waals surface area (Å²) in [7, 11) is 1.54. The number of benzene rings is 3. The Balaban J connectivity index is 1.49. The highest BCUT2D eigenvalue weighted by Gasteiger charge is 2.43. The highest BCUT2D eigenvalue weighted by Crippen LogP contribution is 2.41. The van der Waals surface area contributed by atoms with E-state index in [2.05, 4.69) is 15.1 Å². The van der Waals surface area contributed by atoms with Crippen LogP contribution in [0.5, 0.6) is 5.75 Å². The molecule has 1 amide bonds. The molecule has 0 radical (unpaired) electrons. The first-order valence-corrected chi connectivity index (χ1v) is 12.0. The normalized spacial score (nSPS) is 19.4. The van der Waals surface area contributed by atoms with Gasteiger partial charge in [-0.25, -0.2) is 0 Å². The molecule has 3 aromatic rings. The van der Waals surface area contributed by atoms with Gasteiger partial charge in [-0.1, -0.05) is 29.8 Å². The first-order valence-electron chi connectivity index (χ1n) is 11.7. The number of fused-ring (bicyclic) bond motifs is 3. The number of alkyl halides is 3. The second-order valence-electron chi connectivity index (χ2n) is 9.03. The minimum Gasteiger partial charge on any atom is -0.497 e. The van der Waals surface area contributed by atoms with Crippen LogP contribution >= 0.6 is 11.6 Å². The smallest absolute Gasteiger partial charge is 0.416 e.